The molecule has 2 unspecified atom stereocenters. The number of pyridine rings is 1. The van der Waals surface area contributed by atoms with Gasteiger partial charge in [0.05, 0.1) is 32.7 Å². The van der Waals surface area contributed by atoms with E-state index >= 15 is 0 Å². The number of aromatic amines is 1. The first-order chi connectivity index (χ1) is 39.4. The summed E-state index contributed by atoms with van der Waals surface area (Å²) in [5.41, 5.74) is 6.34. The molecule has 5 amide bonds. The molecule has 3 fully saturated rings. The molecule has 3 saturated heterocycles. The zero-order valence-electron chi connectivity index (χ0n) is 45.5. The van der Waals surface area contributed by atoms with Gasteiger partial charge < -0.3 is 24.8 Å². The van der Waals surface area contributed by atoms with Gasteiger partial charge in [-0.2, -0.15) is 0 Å². The highest BCUT2D eigenvalue weighted by molar-refractivity contribution is 7.90. The number of piperidine rings is 2. The van der Waals surface area contributed by atoms with Gasteiger partial charge in [-0.3, -0.25) is 49.2 Å². The van der Waals surface area contributed by atoms with Crippen LogP contribution in [0.15, 0.2) is 114 Å². The molecule has 1 aliphatic carbocycles. The molecule has 0 spiro atoms. The number of piperazine rings is 1. The van der Waals surface area contributed by atoms with Crippen molar-refractivity contribution in [2.45, 2.75) is 76.2 Å². The van der Waals surface area contributed by atoms with Crippen molar-refractivity contribution < 1.29 is 42.1 Å². The molecule has 4 aliphatic heterocycles. The number of sulfonamides is 1. The van der Waals surface area contributed by atoms with Crippen LogP contribution in [0.5, 0.6) is 11.5 Å². The van der Waals surface area contributed by atoms with Gasteiger partial charge in [-0.15, -0.1) is 0 Å². The van der Waals surface area contributed by atoms with Gasteiger partial charge in [0, 0.05) is 93.2 Å². The van der Waals surface area contributed by atoms with Crippen LogP contribution in [0.4, 0.5) is 17.1 Å². The number of H-pyrrole nitrogens is 1. The van der Waals surface area contributed by atoms with E-state index in [2.05, 4.69) is 66.0 Å². The van der Waals surface area contributed by atoms with Crippen molar-refractivity contribution in [3.8, 4) is 11.5 Å². The molecule has 2 atom stereocenters. The van der Waals surface area contributed by atoms with Crippen molar-refractivity contribution in [1.29, 1.82) is 0 Å². The van der Waals surface area contributed by atoms with Gasteiger partial charge in [-0.25, -0.2) is 18.1 Å². The number of fused-ring (bicyclic) bond motifs is 2. The number of nitro groups is 1. The van der Waals surface area contributed by atoms with Crippen LogP contribution in [-0.4, -0.2) is 132 Å². The normalized spacial score (nSPS) is 19.8. The minimum atomic E-state index is -4.67. The van der Waals surface area contributed by atoms with E-state index in [1.807, 2.05) is 18.2 Å². The number of amides is 5. The fourth-order valence-electron chi connectivity index (χ4n) is 12.0. The maximum atomic E-state index is 14.2. The van der Waals surface area contributed by atoms with E-state index in [-0.39, 0.29) is 52.3 Å². The Balaban J connectivity index is 0.742. The predicted octanol–water partition coefficient (Wildman–Crippen LogP) is 8.59. The SMILES string of the molecule is CC1(C)CCC(CN2CCN(c3ccc(C(=O)NS(=O)(=O)c4ccc(NCC5CCCN(CCc6cccc7c6C(=O)N(C6CCC(=O)NC6=O)C7=O)C5)c([N+](=O)[O-])c4)c(Oc4cnc5[nH]ccc5c4)c3)CC2)=C(c2ccc(Cl)cc2)C1. The van der Waals surface area contributed by atoms with Gasteiger partial charge in [0.1, 0.15) is 28.9 Å². The monoisotopic (exact) mass is 1150 g/mol. The van der Waals surface area contributed by atoms with Crippen LogP contribution < -0.4 is 25.0 Å². The molecule has 5 aliphatic rings. The van der Waals surface area contributed by atoms with Gasteiger partial charge in [-0.05, 0) is 134 Å². The number of halogens is 1. The van der Waals surface area contributed by atoms with Crippen LogP contribution in [0.25, 0.3) is 16.6 Å². The maximum absolute atomic E-state index is 14.2. The van der Waals surface area contributed by atoms with E-state index in [1.54, 1.807) is 42.6 Å². The molecule has 20 nitrogen and oxygen atoms in total. The third-order valence-corrected chi connectivity index (χ3v) is 18.1. The Morgan fingerprint density at radius 1 is 0.915 bits per heavy atom. The Bertz CT molecular complexity index is 3690. The molecular formula is C60H63ClN10O10S. The van der Waals surface area contributed by atoms with Crippen LogP contribution in [-0.2, 0) is 26.0 Å². The van der Waals surface area contributed by atoms with Crippen molar-refractivity contribution in [2.75, 3.05) is 69.1 Å². The van der Waals surface area contributed by atoms with Gasteiger partial charge >= 0.3 is 0 Å². The van der Waals surface area contributed by atoms with Crippen molar-refractivity contribution in [2.24, 2.45) is 11.3 Å². The summed E-state index contributed by atoms with van der Waals surface area (Å²) in [6.45, 7) is 10.7. The zero-order valence-corrected chi connectivity index (χ0v) is 47.1. The first kappa shape index (κ1) is 55.9. The number of hydrogen-bond donors (Lipinski definition) is 4. The number of anilines is 2. The average Bonchev–Trinajstić information content (AvgIpc) is 4.26. The topological polar surface area (TPSA) is 250 Å². The number of benzene rings is 4. The number of imide groups is 2. The molecular weight excluding hydrogens is 1090 g/mol. The molecule has 4 aromatic carbocycles. The first-order valence-corrected chi connectivity index (χ1v) is 29.6. The summed E-state index contributed by atoms with van der Waals surface area (Å²) in [7, 11) is -4.67. The van der Waals surface area contributed by atoms with E-state index in [0.717, 1.165) is 80.3 Å². The average molecular weight is 1150 g/mol. The lowest BCUT2D eigenvalue weighted by Gasteiger charge is -2.39. The van der Waals surface area contributed by atoms with E-state index in [9.17, 15) is 42.5 Å². The molecule has 82 heavy (non-hydrogen) atoms. The molecule has 4 N–H and O–H groups in total. The molecule has 0 radical (unpaired) electrons. The van der Waals surface area contributed by atoms with Crippen molar-refractivity contribution in [1.82, 2.24) is 34.7 Å². The fourth-order valence-corrected chi connectivity index (χ4v) is 13.2. The summed E-state index contributed by atoms with van der Waals surface area (Å²) in [6, 6.07) is 24.2. The number of nitrogens with one attached hydrogen (secondary N) is 4. The number of likely N-dealkylation sites (tertiary alicyclic amines) is 1. The Morgan fingerprint density at radius 3 is 2.50 bits per heavy atom. The van der Waals surface area contributed by atoms with Crippen molar-refractivity contribution in [3.05, 3.63) is 152 Å². The highest BCUT2D eigenvalue weighted by Crippen LogP contribution is 2.44. The lowest BCUT2D eigenvalue weighted by atomic mass is 9.72. The summed E-state index contributed by atoms with van der Waals surface area (Å²) < 4.78 is 36.5. The van der Waals surface area contributed by atoms with Crippen molar-refractivity contribution in [3.63, 3.8) is 0 Å². The van der Waals surface area contributed by atoms with Gasteiger partial charge in [-0.1, -0.05) is 55.3 Å². The minimum Gasteiger partial charge on any atom is -0.455 e. The number of aromatic nitrogens is 2. The molecule has 22 heteroatoms. The Hall–Kier alpha value is -7.98. The molecule has 2 aromatic heterocycles. The largest absolute Gasteiger partial charge is 0.455 e. The maximum Gasteiger partial charge on any atom is 0.293 e. The smallest absolute Gasteiger partial charge is 0.293 e. The fraction of sp³-hybridized carbons (Fsp3) is 0.367. The first-order valence-electron chi connectivity index (χ1n) is 27.7. The molecule has 6 heterocycles. The van der Waals surface area contributed by atoms with Crippen LogP contribution in [0.3, 0.4) is 0 Å². The van der Waals surface area contributed by atoms with Crippen molar-refractivity contribution >= 4 is 84.8 Å². The number of carbonyl (C=O) groups excluding carboxylic acids is 5. The Morgan fingerprint density at radius 2 is 1.72 bits per heavy atom. The number of hydrogen-bond acceptors (Lipinski definition) is 15. The van der Waals surface area contributed by atoms with Gasteiger partial charge in [0.2, 0.25) is 11.8 Å². The van der Waals surface area contributed by atoms with E-state index in [1.165, 1.54) is 41.1 Å². The summed E-state index contributed by atoms with van der Waals surface area (Å²) in [6.07, 6.45) is 8.55. The lowest BCUT2D eigenvalue weighted by molar-refractivity contribution is -0.384. The summed E-state index contributed by atoms with van der Waals surface area (Å²) in [5.74, 6) is -2.79. The van der Waals surface area contributed by atoms with E-state index < -0.39 is 61.1 Å². The second-order valence-electron chi connectivity index (χ2n) is 22.7. The number of nitro benzene ring substituents is 1. The van der Waals surface area contributed by atoms with Crippen LogP contribution >= 0.6 is 11.6 Å². The Labute approximate surface area is 479 Å². The summed E-state index contributed by atoms with van der Waals surface area (Å²) >= 11 is 6.27. The van der Waals surface area contributed by atoms with E-state index in [4.69, 9.17) is 16.3 Å². The highest BCUT2D eigenvalue weighted by atomic mass is 35.5. The quantitative estimate of drug-likeness (QED) is 0.0379. The minimum absolute atomic E-state index is 0.0236. The molecule has 0 saturated carbocycles. The molecule has 0 bridgehead atoms. The molecule has 426 valence electrons. The van der Waals surface area contributed by atoms with Crippen LogP contribution in [0.2, 0.25) is 5.02 Å². The predicted molar refractivity (Wildman–Crippen MR) is 309 cm³/mol. The second-order valence-corrected chi connectivity index (χ2v) is 24.8. The number of carbonyl (C=O) groups is 5. The number of allylic oxidation sites excluding steroid dienone is 1. The number of ether oxygens (including phenoxy) is 1. The Kier molecular flexibility index (Phi) is 15.8. The molecule has 11 rings (SSSR count). The standard InChI is InChI=1S/C60H63ClN10O10S/c1-60(2)21-18-41(48(32-60)38-8-10-42(61)11-9-38)36-68-25-27-69(28-26-68)43-12-14-46(52(30-43)81-44-29-40-19-22-62-55(40)64-34-44)56(73)66-82(79,80)45-13-15-49(51(31-45)71(77)78)63-33-37-5-4-23-67(35-37)24-20-39-6-3-7-47-54(39)59(76)70(58(47)75)50-16-17-53(72)65-57(50)74/h3,6-15,19,22,29-31,34,37,50,63H,4-5,16-18,20-21,23-28,32-33,35-36H2,1-2H3,(H,62,64)(H,66,73)(H,65,72,74). The van der Waals surface area contributed by atoms with Gasteiger partial charge in [0.25, 0.3) is 33.4 Å². The summed E-state index contributed by atoms with van der Waals surface area (Å²) in [5, 5.41) is 19.4. The second kappa shape index (κ2) is 23.1. The summed E-state index contributed by atoms with van der Waals surface area (Å²) in [4.78, 5) is 92.4. The lowest BCUT2D eigenvalue weighted by Crippen LogP contribution is -2.54. The van der Waals surface area contributed by atoms with Gasteiger partial charge in [0.15, 0.2) is 0 Å². The highest BCUT2D eigenvalue weighted by Gasteiger charge is 2.45. The van der Waals surface area contributed by atoms with Crippen LogP contribution in [0.1, 0.15) is 101 Å². The number of nitrogens with zero attached hydrogens (tertiary/aromatic N) is 6. The third kappa shape index (κ3) is 12.0. The van der Waals surface area contributed by atoms with E-state index in [0.29, 0.717) is 61.1 Å². The third-order valence-electron chi connectivity index (χ3n) is 16.5. The molecule has 6 aromatic rings. The van der Waals surface area contributed by atoms with Crippen LogP contribution in [0, 0.1) is 21.4 Å². The zero-order chi connectivity index (χ0) is 57.5. The number of rotatable bonds is 17.